The third-order valence-corrected chi connectivity index (χ3v) is 3.94. The van der Waals surface area contributed by atoms with Gasteiger partial charge in [-0.15, -0.1) is 0 Å². The van der Waals surface area contributed by atoms with E-state index in [2.05, 4.69) is 29.1 Å². The van der Waals surface area contributed by atoms with E-state index in [9.17, 15) is 4.39 Å². The van der Waals surface area contributed by atoms with Crippen LogP contribution in [0.5, 0.6) is 11.5 Å². The van der Waals surface area contributed by atoms with E-state index in [0.29, 0.717) is 11.5 Å². The molecule has 2 aromatic carbocycles. The second-order valence-corrected chi connectivity index (χ2v) is 6.08. The van der Waals surface area contributed by atoms with Gasteiger partial charge >= 0.3 is 0 Å². The summed E-state index contributed by atoms with van der Waals surface area (Å²) in [5.41, 5.74) is 3.16. The number of rotatable bonds is 7. The maximum absolute atomic E-state index is 12.9. The van der Waals surface area contributed by atoms with Crippen molar-refractivity contribution in [2.75, 3.05) is 13.6 Å². The Morgan fingerprint density at radius 2 is 1.68 bits per heavy atom. The summed E-state index contributed by atoms with van der Waals surface area (Å²) >= 11 is 0. The van der Waals surface area contributed by atoms with Gasteiger partial charge in [-0.3, -0.25) is 5.10 Å². The van der Waals surface area contributed by atoms with Gasteiger partial charge in [-0.25, -0.2) is 4.39 Å². The topological polar surface area (TPSA) is 41.2 Å². The quantitative estimate of drug-likeness (QED) is 0.669. The average molecular weight is 339 g/mol. The molecule has 0 unspecified atom stereocenters. The van der Waals surface area contributed by atoms with Crippen molar-refractivity contribution in [1.82, 2.24) is 15.1 Å². The first kappa shape index (κ1) is 17.2. The van der Waals surface area contributed by atoms with Gasteiger partial charge in [0.25, 0.3) is 0 Å². The molecule has 25 heavy (non-hydrogen) atoms. The van der Waals surface area contributed by atoms with Gasteiger partial charge in [-0.2, -0.15) is 5.10 Å². The molecule has 0 spiro atoms. The van der Waals surface area contributed by atoms with Crippen LogP contribution in [0.15, 0.2) is 54.7 Å². The molecule has 3 aromatic rings. The summed E-state index contributed by atoms with van der Waals surface area (Å²) < 4.78 is 18.7. The van der Waals surface area contributed by atoms with E-state index in [1.54, 1.807) is 12.1 Å². The van der Waals surface area contributed by atoms with E-state index in [1.165, 1.54) is 17.7 Å². The highest BCUT2D eigenvalue weighted by Gasteiger charge is 2.10. The zero-order valence-corrected chi connectivity index (χ0v) is 14.5. The van der Waals surface area contributed by atoms with Gasteiger partial charge < -0.3 is 9.64 Å². The van der Waals surface area contributed by atoms with Crippen molar-refractivity contribution in [2.24, 2.45) is 0 Å². The van der Waals surface area contributed by atoms with Crippen LogP contribution >= 0.6 is 0 Å². The van der Waals surface area contributed by atoms with Gasteiger partial charge in [0.15, 0.2) is 0 Å². The molecular weight excluding hydrogens is 317 g/mol. The van der Waals surface area contributed by atoms with Crippen molar-refractivity contribution in [3.05, 3.63) is 66.1 Å². The maximum atomic E-state index is 12.9. The van der Waals surface area contributed by atoms with E-state index in [0.717, 1.165) is 30.8 Å². The van der Waals surface area contributed by atoms with Gasteiger partial charge in [0.1, 0.15) is 17.3 Å². The number of aromatic amines is 1. The third kappa shape index (κ3) is 4.45. The fourth-order valence-corrected chi connectivity index (χ4v) is 2.76. The Bertz CT molecular complexity index is 797. The van der Waals surface area contributed by atoms with Crippen LogP contribution in [0.4, 0.5) is 4.39 Å². The number of hydrogen-bond acceptors (Lipinski definition) is 3. The molecule has 0 aliphatic rings. The number of hydrogen-bond donors (Lipinski definition) is 1. The zero-order chi connectivity index (χ0) is 17.6. The number of halogens is 1. The standard InChI is InChI=1S/C20H22FN3O/c1-3-12-24(2)14-16-13-22-23-20(16)15-4-8-18(9-5-15)25-19-10-6-17(21)7-11-19/h4-11,13H,3,12,14H2,1-2H3,(H,22,23). The lowest BCUT2D eigenvalue weighted by Gasteiger charge is -2.15. The Labute approximate surface area is 147 Å². The normalized spacial score (nSPS) is 11.0. The van der Waals surface area contributed by atoms with E-state index in [1.807, 2.05) is 30.5 Å². The van der Waals surface area contributed by atoms with Crippen LogP contribution < -0.4 is 4.74 Å². The molecular formula is C20H22FN3O. The number of nitrogens with one attached hydrogen (secondary N) is 1. The molecule has 0 bridgehead atoms. The molecule has 1 N–H and O–H groups in total. The monoisotopic (exact) mass is 339 g/mol. The summed E-state index contributed by atoms with van der Waals surface area (Å²) in [6.07, 6.45) is 3.07. The SMILES string of the molecule is CCCN(C)Cc1c[nH]nc1-c1ccc(Oc2ccc(F)cc2)cc1. The molecule has 0 saturated heterocycles. The molecule has 5 heteroatoms. The van der Waals surface area contributed by atoms with E-state index >= 15 is 0 Å². The van der Waals surface area contributed by atoms with E-state index in [4.69, 9.17) is 4.74 Å². The Hall–Kier alpha value is -2.66. The van der Waals surface area contributed by atoms with Crippen LogP contribution in [0.25, 0.3) is 11.3 Å². The first-order valence-electron chi connectivity index (χ1n) is 8.40. The van der Waals surface area contributed by atoms with Gasteiger partial charge in [-0.05, 0) is 68.5 Å². The minimum absolute atomic E-state index is 0.276. The second kappa shape index (κ2) is 7.94. The Morgan fingerprint density at radius 1 is 1.04 bits per heavy atom. The van der Waals surface area contributed by atoms with Crippen molar-refractivity contribution in [1.29, 1.82) is 0 Å². The first-order chi connectivity index (χ1) is 12.2. The molecule has 0 aliphatic heterocycles. The fourth-order valence-electron chi connectivity index (χ4n) is 2.76. The first-order valence-corrected chi connectivity index (χ1v) is 8.40. The molecule has 130 valence electrons. The van der Waals surface area contributed by atoms with Crippen LogP contribution in [-0.4, -0.2) is 28.7 Å². The number of H-pyrrole nitrogens is 1. The van der Waals surface area contributed by atoms with Crippen molar-refractivity contribution < 1.29 is 9.13 Å². The maximum Gasteiger partial charge on any atom is 0.127 e. The predicted octanol–water partition coefficient (Wildman–Crippen LogP) is 4.85. The molecule has 0 saturated carbocycles. The second-order valence-electron chi connectivity index (χ2n) is 6.08. The van der Waals surface area contributed by atoms with Gasteiger partial charge in [0.05, 0.1) is 5.69 Å². The highest BCUT2D eigenvalue weighted by molar-refractivity contribution is 5.63. The molecule has 4 nitrogen and oxygen atoms in total. The smallest absolute Gasteiger partial charge is 0.127 e. The van der Waals surface area contributed by atoms with Crippen LogP contribution in [0, 0.1) is 5.82 Å². The van der Waals surface area contributed by atoms with Crippen molar-refractivity contribution >= 4 is 0 Å². The number of benzene rings is 2. The largest absolute Gasteiger partial charge is 0.457 e. The highest BCUT2D eigenvalue weighted by atomic mass is 19.1. The lowest BCUT2D eigenvalue weighted by Crippen LogP contribution is -2.18. The summed E-state index contributed by atoms with van der Waals surface area (Å²) in [5, 5.41) is 7.35. The molecule has 1 heterocycles. The van der Waals surface area contributed by atoms with Crippen molar-refractivity contribution in [3.8, 4) is 22.8 Å². The summed E-state index contributed by atoms with van der Waals surface area (Å²) in [6, 6.07) is 13.7. The highest BCUT2D eigenvalue weighted by Crippen LogP contribution is 2.27. The fraction of sp³-hybridized carbons (Fsp3) is 0.250. The average Bonchev–Trinajstić information content (AvgIpc) is 3.06. The van der Waals surface area contributed by atoms with Crippen molar-refractivity contribution in [3.63, 3.8) is 0 Å². The number of ether oxygens (including phenoxy) is 1. The minimum atomic E-state index is -0.276. The Balaban J connectivity index is 1.72. The Kier molecular flexibility index (Phi) is 5.46. The number of nitrogens with zero attached hydrogens (tertiary/aromatic N) is 2. The zero-order valence-electron chi connectivity index (χ0n) is 14.5. The van der Waals surface area contributed by atoms with Crippen LogP contribution in [-0.2, 0) is 6.54 Å². The van der Waals surface area contributed by atoms with Crippen LogP contribution in [0.1, 0.15) is 18.9 Å². The van der Waals surface area contributed by atoms with E-state index in [-0.39, 0.29) is 5.82 Å². The molecule has 1 aromatic heterocycles. The summed E-state index contributed by atoms with van der Waals surface area (Å²) in [6.45, 7) is 4.08. The van der Waals surface area contributed by atoms with Gasteiger partial charge in [-0.1, -0.05) is 6.92 Å². The molecule has 0 fully saturated rings. The minimum Gasteiger partial charge on any atom is -0.457 e. The molecule has 3 rings (SSSR count). The van der Waals surface area contributed by atoms with Gasteiger partial charge in [0, 0.05) is 23.9 Å². The molecule has 0 aliphatic carbocycles. The van der Waals surface area contributed by atoms with E-state index < -0.39 is 0 Å². The summed E-state index contributed by atoms with van der Waals surface area (Å²) in [7, 11) is 2.11. The number of aromatic nitrogens is 2. The molecule has 0 atom stereocenters. The summed E-state index contributed by atoms with van der Waals surface area (Å²) in [5.74, 6) is 1.04. The molecule has 0 amide bonds. The summed E-state index contributed by atoms with van der Waals surface area (Å²) in [4.78, 5) is 2.28. The Morgan fingerprint density at radius 3 is 2.32 bits per heavy atom. The van der Waals surface area contributed by atoms with Crippen LogP contribution in [0.3, 0.4) is 0 Å². The van der Waals surface area contributed by atoms with Crippen LogP contribution in [0.2, 0.25) is 0 Å². The lowest BCUT2D eigenvalue weighted by molar-refractivity contribution is 0.328. The van der Waals surface area contributed by atoms with Gasteiger partial charge in [0.2, 0.25) is 0 Å². The third-order valence-electron chi connectivity index (χ3n) is 3.94. The molecule has 0 radical (unpaired) electrons. The van der Waals surface area contributed by atoms with Crippen molar-refractivity contribution in [2.45, 2.75) is 19.9 Å². The predicted molar refractivity (Wildman–Crippen MR) is 97.1 cm³/mol. The lowest BCUT2D eigenvalue weighted by atomic mass is 10.1.